The summed E-state index contributed by atoms with van der Waals surface area (Å²) < 4.78 is 5.57. The fourth-order valence-corrected chi connectivity index (χ4v) is 1.78. The van der Waals surface area contributed by atoms with Gasteiger partial charge in [-0.15, -0.1) is 0 Å². The first-order valence-corrected chi connectivity index (χ1v) is 6.00. The van der Waals surface area contributed by atoms with Crippen LogP contribution in [0.15, 0.2) is 42.5 Å². The van der Waals surface area contributed by atoms with Crippen LogP contribution >= 0.6 is 11.6 Å². The number of nitrogens with two attached hydrogens (primary N) is 2. The van der Waals surface area contributed by atoms with Crippen molar-refractivity contribution in [1.29, 1.82) is 0 Å². The minimum Gasteiger partial charge on any atom is -0.489 e. The summed E-state index contributed by atoms with van der Waals surface area (Å²) in [5.74, 6) is 0.192. The molecule has 4 N–H and O–H groups in total. The third-order valence-electron chi connectivity index (χ3n) is 2.61. The predicted molar refractivity (Wildman–Crippen MR) is 75.2 cm³/mol. The van der Waals surface area contributed by atoms with Gasteiger partial charge in [0.1, 0.15) is 12.4 Å². The number of carbonyl (C=O) groups is 1. The van der Waals surface area contributed by atoms with Gasteiger partial charge in [-0.05, 0) is 36.4 Å². The quantitative estimate of drug-likeness (QED) is 0.843. The number of halogens is 1. The summed E-state index contributed by atoms with van der Waals surface area (Å²) in [6.45, 7) is 0.307. The topological polar surface area (TPSA) is 78.3 Å². The first-order valence-electron chi connectivity index (χ1n) is 5.63. The van der Waals surface area contributed by atoms with Crippen LogP contribution in [0.3, 0.4) is 0 Å². The molecule has 0 saturated carbocycles. The Kier molecular flexibility index (Phi) is 3.92. The molecule has 0 aliphatic rings. The van der Waals surface area contributed by atoms with Crippen LogP contribution in [0, 0.1) is 0 Å². The van der Waals surface area contributed by atoms with Gasteiger partial charge in [-0.3, -0.25) is 4.79 Å². The highest BCUT2D eigenvalue weighted by Gasteiger charge is 2.06. The van der Waals surface area contributed by atoms with E-state index in [2.05, 4.69) is 0 Å². The molecule has 98 valence electrons. The van der Waals surface area contributed by atoms with Crippen molar-refractivity contribution >= 4 is 23.2 Å². The average Bonchev–Trinajstić information content (AvgIpc) is 2.39. The highest BCUT2D eigenvalue weighted by Crippen LogP contribution is 2.21. The largest absolute Gasteiger partial charge is 0.489 e. The molecule has 2 rings (SSSR count). The van der Waals surface area contributed by atoms with E-state index in [0.29, 0.717) is 28.6 Å². The Hall–Kier alpha value is -2.20. The number of carbonyl (C=O) groups excluding carboxylic acids is 1. The van der Waals surface area contributed by atoms with E-state index in [4.69, 9.17) is 27.8 Å². The molecule has 0 spiro atoms. The molecule has 0 fully saturated rings. The van der Waals surface area contributed by atoms with Crippen molar-refractivity contribution < 1.29 is 9.53 Å². The fraction of sp³-hybridized carbons (Fsp3) is 0.0714. The van der Waals surface area contributed by atoms with Gasteiger partial charge in [0, 0.05) is 21.8 Å². The van der Waals surface area contributed by atoms with Crippen molar-refractivity contribution in [1.82, 2.24) is 0 Å². The molecule has 0 saturated heterocycles. The molecule has 0 heterocycles. The molecule has 19 heavy (non-hydrogen) atoms. The van der Waals surface area contributed by atoms with Gasteiger partial charge in [-0.1, -0.05) is 17.7 Å². The molecular weight excluding hydrogens is 264 g/mol. The van der Waals surface area contributed by atoms with Gasteiger partial charge in [0.25, 0.3) is 0 Å². The molecule has 0 bridgehead atoms. The molecule has 2 aromatic rings. The van der Waals surface area contributed by atoms with Gasteiger partial charge in [-0.2, -0.15) is 0 Å². The highest BCUT2D eigenvalue weighted by molar-refractivity contribution is 6.31. The molecule has 0 aromatic heterocycles. The Morgan fingerprint density at radius 2 is 1.84 bits per heavy atom. The lowest BCUT2D eigenvalue weighted by Gasteiger charge is -2.08. The van der Waals surface area contributed by atoms with Crippen LogP contribution in [0.25, 0.3) is 0 Å². The van der Waals surface area contributed by atoms with Crippen LogP contribution in [0.5, 0.6) is 5.75 Å². The molecule has 0 radical (unpaired) electrons. The zero-order chi connectivity index (χ0) is 13.8. The van der Waals surface area contributed by atoms with Crippen molar-refractivity contribution in [3.63, 3.8) is 0 Å². The number of primary amides is 1. The summed E-state index contributed by atoms with van der Waals surface area (Å²) >= 11 is 6.06. The smallest absolute Gasteiger partial charge is 0.248 e. The fourth-order valence-electron chi connectivity index (χ4n) is 1.54. The van der Waals surface area contributed by atoms with E-state index in [1.54, 1.807) is 36.4 Å². The molecule has 0 unspecified atom stereocenters. The lowest BCUT2D eigenvalue weighted by Crippen LogP contribution is -2.11. The van der Waals surface area contributed by atoms with Gasteiger partial charge in [0.05, 0.1) is 0 Å². The van der Waals surface area contributed by atoms with Crippen molar-refractivity contribution in [2.75, 3.05) is 5.73 Å². The maximum absolute atomic E-state index is 11.0. The summed E-state index contributed by atoms with van der Waals surface area (Å²) in [6.07, 6.45) is 0. The molecule has 5 heteroatoms. The monoisotopic (exact) mass is 276 g/mol. The number of benzene rings is 2. The molecule has 2 aromatic carbocycles. The molecule has 0 aliphatic carbocycles. The normalized spacial score (nSPS) is 10.2. The third-order valence-corrected chi connectivity index (χ3v) is 2.96. The maximum atomic E-state index is 11.0. The van der Waals surface area contributed by atoms with Gasteiger partial charge in [-0.25, -0.2) is 0 Å². The molecule has 0 atom stereocenters. The van der Waals surface area contributed by atoms with Crippen molar-refractivity contribution in [3.05, 3.63) is 58.6 Å². The summed E-state index contributed by atoms with van der Waals surface area (Å²) in [4.78, 5) is 11.0. The molecule has 0 aliphatic heterocycles. The Labute approximate surface area is 115 Å². The van der Waals surface area contributed by atoms with Crippen molar-refractivity contribution in [3.8, 4) is 5.75 Å². The van der Waals surface area contributed by atoms with Crippen LogP contribution in [0.2, 0.25) is 5.02 Å². The number of rotatable bonds is 4. The Balaban J connectivity index is 2.07. The number of ether oxygens (including phenoxy) is 1. The van der Waals surface area contributed by atoms with Crippen LogP contribution in [-0.4, -0.2) is 5.91 Å². The van der Waals surface area contributed by atoms with E-state index < -0.39 is 5.91 Å². The van der Waals surface area contributed by atoms with Crippen molar-refractivity contribution in [2.24, 2.45) is 5.73 Å². The number of nitrogen functional groups attached to an aromatic ring is 1. The van der Waals surface area contributed by atoms with Crippen LogP contribution in [-0.2, 0) is 6.61 Å². The SMILES string of the molecule is NC(=O)c1ccc(COc2ccc(N)cc2)c(Cl)c1. The van der Waals surface area contributed by atoms with E-state index in [0.717, 1.165) is 5.56 Å². The lowest BCUT2D eigenvalue weighted by atomic mass is 10.1. The average molecular weight is 277 g/mol. The van der Waals surface area contributed by atoms with Gasteiger partial charge < -0.3 is 16.2 Å². The second-order valence-electron chi connectivity index (χ2n) is 4.03. The number of hydrogen-bond donors (Lipinski definition) is 2. The second-order valence-corrected chi connectivity index (χ2v) is 4.44. The van der Waals surface area contributed by atoms with Gasteiger partial charge in [0.2, 0.25) is 5.91 Å². The minimum atomic E-state index is -0.507. The molecule has 1 amide bonds. The minimum absolute atomic E-state index is 0.307. The number of hydrogen-bond acceptors (Lipinski definition) is 3. The first-order chi connectivity index (χ1) is 9.06. The van der Waals surface area contributed by atoms with E-state index in [1.807, 2.05) is 0 Å². The number of amides is 1. The Bertz CT molecular complexity index is 597. The zero-order valence-corrected chi connectivity index (χ0v) is 10.9. The summed E-state index contributed by atoms with van der Waals surface area (Å²) in [7, 11) is 0. The summed E-state index contributed by atoms with van der Waals surface area (Å²) in [5, 5.41) is 0.451. The van der Waals surface area contributed by atoms with Crippen LogP contribution in [0.1, 0.15) is 15.9 Å². The van der Waals surface area contributed by atoms with Crippen LogP contribution < -0.4 is 16.2 Å². The van der Waals surface area contributed by atoms with Gasteiger partial charge >= 0.3 is 0 Å². The Morgan fingerprint density at radius 3 is 2.42 bits per heavy atom. The van der Waals surface area contributed by atoms with E-state index in [-0.39, 0.29) is 0 Å². The summed E-state index contributed by atoms with van der Waals surface area (Å²) in [6, 6.07) is 11.9. The highest BCUT2D eigenvalue weighted by atomic mass is 35.5. The van der Waals surface area contributed by atoms with Gasteiger partial charge in [0.15, 0.2) is 0 Å². The lowest BCUT2D eigenvalue weighted by molar-refractivity contribution is 0.1000. The number of anilines is 1. The Morgan fingerprint density at radius 1 is 1.16 bits per heavy atom. The van der Waals surface area contributed by atoms with E-state index >= 15 is 0 Å². The first kappa shape index (κ1) is 13.2. The molecular formula is C14H13ClN2O2. The van der Waals surface area contributed by atoms with E-state index in [1.165, 1.54) is 6.07 Å². The second kappa shape index (κ2) is 5.63. The third kappa shape index (κ3) is 3.39. The van der Waals surface area contributed by atoms with E-state index in [9.17, 15) is 4.79 Å². The van der Waals surface area contributed by atoms with Crippen molar-refractivity contribution in [2.45, 2.75) is 6.61 Å². The molecule has 4 nitrogen and oxygen atoms in total. The maximum Gasteiger partial charge on any atom is 0.248 e. The van der Waals surface area contributed by atoms with Crippen LogP contribution in [0.4, 0.5) is 5.69 Å². The predicted octanol–water partition coefficient (Wildman–Crippen LogP) is 2.60. The summed E-state index contributed by atoms with van der Waals surface area (Å²) in [5.41, 5.74) is 12.6. The standard InChI is InChI=1S/C14H13ClN2O2/c15-13-7-9(14(17)18)1-2-10(13)8-19-12-5-3-11(16)4-6-12/h1-7H,8,16H2,(H2,17,18). The zero-order valence-electron chi connectivity index (χ0n) is 10.1.